The van der Waals surface area contributed by atoms with Crippen molar-refractivity contribution in [3.8, 4) is 0 Å². The van der Waals surface area contributed by atoms with Crippen LogP contribution in [0.15, 0.2) is 91.0 Å². The van der Waals surface area contributed by atoms with Gasteiger partial charge in [-0.15, -0.1) is 0 Å². The fourth-order valence-electron chi connectivity index (χ4n) is 11.7. The van der Waals surface area contributed by atoms with E-state index in [0.717, 1.165) is 11.1 Å². The van der Waals surface area contributed by atoms with Gasteiger partial charge in [-0.1, -0.05) is 105 Å². The van der Waals surface area contributed by atoms with E-state index in [9.17, 15) is 29.1 Å². The van der Waals surface area contributed by atoms with Gasteiger partial charge in [0.15, 0.2) is 36.5 Å². The lowest BCUT2D eigenvalue weighted by atomic mass is 9.78. The molecule has 0 bridgehead atoms. The molecule has 456 valence electrons. The molecular formula is C61H81NO21. The lowest BCUT2D eigenvalue weighted by molar-refractivity contribution is -0.319. The van der Waals surface area contributed by atoms with Gasteiger partial charge in [0.1, 0.15) is 43.2 Å². The molecule has 3 aromatic rings. The molecule has 0 aromatic heterocycles. The zero-order valence-corrected chi connectivity index (χ0v) is 49.3. The summed E-state index contributed by atoms with van der Waals surface area (Å²) in [5, 5.41) is 11.5. The van der Waals surface area contributed by atoms with Crippen LogP contribution < -0.4 is 0 Å². The highest BCUT2D eigenvalue weighted by atomic mass is 16.8. The first-order chi connectivity index (χ1) is 39.4. The van der Waals surface area contributed by atoms with E-state index in [0.29, 0.717) is 5.56 Å². The minimum absolute atomic E-state index is 0.0567. The average molecular weight is 1160 g/mol. The maximum Gasteiger partial charge on any atom is 0.509 e. The van der Waals surface area contributed by atoms with Gasteiger partial charge in [0.05, 0.1) is 42.3 Å². The summed E-state index contributed by atoms with van der Waals surface area (Å²) in [6.07, 6.45) is -17.9. The number of rotatable bonds is 17. The topological polar surface area (TPSA) is 255 Å². The number of methoxy groups -OCH3 is 1. The zero-order valence-electron chi connectivity index (χ0n) is 49.3. The number of aliphatic hydroxyl groups excluding tert-OH is 1. The molecule has 0 aliphatic carbocycles. The predicted molar refractivity (Wildman–Crippen MR) is 292 cm³/mol. The first-order valence-corrected chi connectivity index (χ1v) is 28.2. The number of amides is 1. The van der Waals surface area contributed by atoms with Crippen molar-refractivity contribution < 1.29 is 100 Å². The lowest BCUT2D eigenvalue weighted by Crippen LogP contribution is -2.62. The number of benzene rings is 3. The summed E-state index contributed by atoms with van der Waals surface area (Å²) < 4.78 is 86.7. The second-order valence-corrected chi connectivity index (χ2v) is 22.7. The normalized spacial score (nSPS) is 34.3. The molecule has 0 unspecified atom stereocenters. The van der Waals surface area contributed by atoms with E-state index in [4.69, 9.17) is 66.3 Å². The highest BCUT2D eigenvalue weighted by molar-refractivity contribution is 5.76. The number of cyclic esters (lactones) is 2. The van der Waals surface area contributed by atoms with Crippen LogP contribution in [0.2, 0.25) is 0 Å². The zero-order chi connectivity index (χ0) is 60.4. The molecule has 1 amide bonds. The van der Waals surface area contributed by atoms with Crippen molar-refractivity contribution in [3.63, 3.8) is 0 Å². The Morgan fingerprint density at radius 1 is 0.699 bits per heavy atom. The number of hydrogen-bond donors (Lipinski definition) is 1. The van der Waals surface area contributed by atoms with Gasteiger partial charge in [-0.25, -0.2) is 19.2 Å². The number of fused-ring (bicyclic) bond motifs is 1. The Labute approximate surface area is 484 Å². The van der Waals surface area contributed by atoms with Crippen LogP contribution >= 0.6 is 0 Å². The quantitative estimate of drug-likeness (QED) is 0.0976. The number of hydrogen-bond acceptors (Lipinski definition) is 21. The van der Waals surface area contributed by atoms with Gasteiger partial charge in [-0.2, -0.15) is 0 Å². The summed E-state index contributed by atoms with van der Waals surface area (Å²) in [5.41, 5.74) is -2.85. The van der Waals surface area contributed by atoms with Gasteiger partial charge < -0.3 is 76.3 Å². The summed E-state index contributed by atoms with van der Waals surface area (Å²) in [7, 11) is 2.92. The van der Waals surface area contributed by atoms with Crippen molar-refractivity contribution in [1.29, 1.82) is 0 Å². The monoisotopic (exact) mass is 1160 g/mol. The molecule has 18 atom stereocenters. The second kappa shape index (κ2) is 27.9. The highest BCUT2D eigenvalue weighted by Gasteiger charge is 2.61. The van der Waals surface area contributed by atoms with E-state index < -0.39 is 145 Å². The van der Waals surface area contributed by atoms with E-state index in [1.165, 1.54) is 46.8 Å². The van der Waals surface area contributed by atoms with Crippen LogP contribution in [-0.2, 0) is 95.7 Å². The molecule has 4 saturated heterocycles. The number of nitrogens with zero attached hydrogens (tertiary/aromatic N) is 1. The number of carbonyl (C=O) groups excluding carboxylic acids is 6. The van der Waals surface area contributed by atoms with Crippen molar-refractivity contribution in [1.82, 2.24) is 4.90 Å². The third-order valence-electron chi connectivity index (χ3n) is 16.1. The average Bonchev–Trinajstić information content (AvgIpc) is 4.04. The Hall–Kier alpha value is -6.56. The van der Waals surface area contributed by atoms with E-state index >= 15 is 4.79 Å². The maximum atomic E-state index is 15.0. The Balaban J connectivity index is 1.30. The molecule has 0 radical (unpaired) electrons. The van der Waals surface area contributed by atoms with E-state index in [2.05, 4.69) is 0 Å². The van der Waals surface area contributed by atoms with Crippen molar-refractivity contribution in [3.05, 3.63) is 108 Å². The summed E-state index contributed by atoms with van der Waals surface area (Å²) in [5.74, 6) is -5.44. The van der Waals surface area contributed by atoms with Gasteiger partial charge >= 0.3 is 36.5 Å². The fourth-order valence-corrected chi connectivity index (χ4v) is 11.7. The van der Waals surface area contributed by atoms with Crippen molar-refractivity contribution in [2.75, 3.05) is 14.2 Å². The third-order valence-corrected chi connectivity index (χ3v) is 16.1. The van der Waals surface area contributed by atoms with Crippen molar-refractivity contribution >= 4 is 36.5 Å². The molecule has 22 heteroatoms. The second-order valence-electron chi connectivity index (χ2n) is 22.7. The molecule has 0 spiro atoms. The largest absolute Gasteiger partial charge is 0.509 e. The van der Waals surface area contributed by atoms with E-state index in [1.807, 2.05) is 42.5 Å². The van der Waals surface area contributed by atoms with Gasteiger partial charge in [0.2, 0.25) is 0 Å². The van der Waals surface area contributed by atoms with Gasteiger partial charge in [0.25, 0.3) is 0 Å². The predicted octanol–water partition coefficient (Wildman–Crippen LogP) is 9.12. The molecule has 22 nitrogen and oxygen atoms in total. The molecule has 4 aliphatic heterocycles. The fraction of sp³-hybridized carbons (Fsp3) is 0.607. The first kappa shape index (κ1) is 64.0. The van der Waals surface area contributed by atoms with Gasteiger partial charge in [-0.05, 0) is 84.9 Å². The first-order valence-electron chi connectivity index (χ1n) is 28.2. The standard InChI is InChI=1S/C61H81NO21/c1-13-45-61(10)50(80-58(69)83-61)39(6)53(65)82-60(9,30-35(2)63)49(37(4)47(38(5)52(64)76-45)77-46-31-59(8,70-12)51(40(7)75-46)81-57(68)73-34-43-27-21-16-22-28-43)79-54-48(78-56(67)72-33-42-25-19-15-20-26-42)44(29-36(3)74-54)62(11)55(66)71-32-41-23-17-14-18-24-41/h14-28,35-40,44-51,54,63H,13,29-34H2,1-12H3/t35-,36-,37+,38-,39-,40+,44+,45-,46+,47+,48-,49-,50-,51+,54+,59-,60-,61-/m1/s1. The summed E-state index contributed by atoms with van der Waals surface area (Å²) in [6, 6.07) is 26.0. The lowest BCUT2D eigenvalue weighted by Gasteiger charge is -2.50. The molecule has 1 N–H and O–H groups in total. The third kappa shape index (κ3) is 15.6. The van der Waals surface area contributed by atoms with E-state index in [1.54, 1.807) is 90.1 Å². The number of likely N-dealkylation sites (N-methyl/N-ethyl adjacent to an activating group) is 1. The molecule has 4 fully saturated rings. The molecule has 4 heterocycles. The number of esters is 2. The van der Waals surface area contributed by atoms with Crippen LogP contribution in [0.4, 0.5) is 19.2 Å². The summed E-state index contributed by atoms with van der Waals surface area (Å²) in [6.45, 7) is 15.7. The molecule has 0 saturated carbocycles. The Kier molecular flexibility index (Phi) is 21.5. The van der Waals surface area contributed by atoms with Crippen molar-refractivity contribution in [2.45, 2.75) is 205 Å². The highest BCUT2D eigenvalue weighted by Crippen LogP contribution is 2.44. The molecule has 83 heavy (non-hydrogen) atoms. The molecule has 4 aliphatic rings. The minimum Gasteiger partial charge on any atom is -0.458 e. The molecule has 7 rings (SSSR count). The van der Waals surface area contributed by atoms with Crippen molar-refractivity contribution in [2.24, 2.45) is 17.8 Å². The Morgan fingerprint density at radius 3 is 1.80 bits per heavy atom. The Morgan fingerprint density at radius 2 is 1.25 bits per heavy atom. The van der Waals surface area contributed by atoms with Gasteiger partial charge in [0, 0.05) is 32.9 Å². The smallest absolute Gasteiger partial charge is 0.458 e. The summed E-state index contributed by atoms with van der Waals surface area (Å²) in [4.78, 5) is 85.7. The molecular weight excluding hydrogens is 1080 g/mol. The SMILES string of the molecule is CC[C@H]1OC(=O)[C@H](C)[C@@H](O[C@H]2C[C@@](C)(OC)[C@@H](OC(=O)OCc3ccccc3)[C@H](C)O2)[C@H](C)[C@@H](O[C@@H]2O[C@H](C)C[C@H](N(C)C(=O)OCc3ccccc3)[C@H]2OC(=O)OCc2ccccc2)[C@@](C)(C[C@@H](C)O)OC(=O)[C@H](C)[C@H]2OC(=O)O[C@@]21C. The maximum absolute atomic E-state index is 15.0. The number of ether oxygens (including phenoxy) is 14. The minimum atomic E-state index is -1.94. The van der Waals surface area contributed by atoms with Crippen LogP contribution in [-0.4, -0.2) is 151 Å². The van der Waals surface area contributed by atoms with Crippen LogP contribution in [0, 0.1) is 17.8 Å². The van der Waals surface area contributed by atoms with Crippen LogP contribution in [0.3, 0.4) is 0 Å². The van der Waals surface area contributed by atoms with E-state index in [-0.39, 0.29) is 45.5 Å². The Bertz CT molecular complexity index is 2650. The van der Waals surface area contributed by atoms with Crippen LogP contribution in [0.25, 0.3) is 0 Å². The molecule has 3 aromatic carbocycles. The number of carbonyl (C=O) groups is 6. The number of aliphatic hydroxyl groups is 1. The summed E-state index contributed by atoms with van der Waals surface area (Å²) >= 11 is 0. The van der Waals surface area contributed by atoms with Crippen LogP contribution in [0.5, 0.6) is 0 Å². The van der Waals surface area contributed by atoms with Crippen LogP contribution in [0.1, 0.15) is 112 Å². The van der Waals surface area contributed by atoms with Gasteiger partial charge in [-0.3, -0.25) is 9.59 Å².